The SMILES string of the molecule is O=C([C@@H]1CCCc2ccccc21)N(CC(F)(F)F)C1CCC1. The van der Waals surface area contributed by atoms with E-state index in [1.807, 2.05) is 24.3 Å². The van der Waals surface area contributed by atoms with Gasteiger partial charge < -0.3 is 4.90 Å². The predicted octanol–water partition coefficient (Wildman–Crippen LogP) is 4.05. The highest BCUT2D eigenvalue weighted by Crippen LogP contribution is 2.36. The predicted molar refractivity (Wildman–Crippen MR) is 77.5 cm³/mol. The first-order valence-electron chi connectivity index (χ1n) is 7.91. The van der Waals surface area contributed by atoms with Crippen molar-refractivity contribution in [3.05, 3.63) is 35.4 Å². The van der Waals surface area contributed by atoms with Gasteiger partial charge in [0.25, 0.3) is 0 Å². The van der Waals surface area contributed by atoms with E-state index in [1.54, 1.807) is 0 Å². The van der Waals surface area contributed by atoms with E-state index >= 15 is 0 Å². The summed E-state index contributed by atoms with van der Waals surface area (Å²) in [6, 6.07) is 7.42. The van der Waals surface area contributed by atoms with Gasteiger partial charge in [0.2, 0.25) is 5.91 Å². The van der Waals surface area contributed by atoms with Crippen molar-refractivity contribution in [3.8, 4) is 0 Å². The fraction of sp³-hybridized carbons (Fsp3) is 0.588. The first-order chi connectivity index (χ1) is 10.5. The summed E-state index contributed by atoms with van der Waals surface area (Å²) in [6.45, 7) is -1.12. The molecule has 0 spiro atoms. The number of carbonyl (C=O) groups is 1. The highest BCUT2D eigenvalue weighted by atomic mass is 19.4. The second kappa shape index (κ2) is 5.94. The van der Waals surface area contributed by atoms with Crippen LogP contribution in [0.2, 0.25) is 0 Å². The number of nitrogens with zero attached hydrogens (tertiary/aromatic N) is 1. The molecule has 0 heterocycles. The van der Waals surface area contributed by atoms with Crippen LogP contribution in [0.1, 0.15) is 49.1 Å². The van der Waals surface area contributed by atoms with Crippen molar-refractivity contribution in [3.63, 3.8) is 0 Å². The van der Waals surface area contributed by atoms with Crippen molar-refractivity contribution in [2.75, 3.05) is 6.54 Å². The number of rotatable bonds is 3. The zero-order chi connectivity index (χ0) is 15.7. The van der Waals surface area contributed by atoms with Crippen molar-refractivity contribution in [2.24, 2.45) is 0 Å². The zero-order valence-corrected chi connectivity index (χ0v) is 12.4. The van der Waals surface area contributed by atoms with Crippen LogP contribution in [0.3, 0.4) is 0 Å². The third-order valence-electron chi connectivity index (χ3n) is 4.82. The standard InChI is InChI=1S/C17H20F3NO/c18-17(19,20)11-21(13-7-4-8-13)16(22)15-10-3-6-12-5-1-2-9-14(12)15/h1-2,5,9,13,15H,3-4,6-8,10-11H2/t15-/m1/s1. The molecule has 1 amide bonds. The minimum atomic E-state index is -4.33. The number of hydrogen-bond acceptors (Lipinski definition) is 1. The van der Waals surface area contributed by atoms with Crippen LogP contribution in [0.4, 0.5) is 13.2 Å². The van der Waals surface area contributed by atoms with Gasteiger partial charge in [-0.2, -0.15) is 13.2 Å². The van der Waals surface area contributed by atoms with Crippen LogP contribution in [0.25, 0.3) is 0 Å². The molecule has 1 saturated carbocycles. The van der Waals surface area contributed by atoms with Crippen molar-refractivity contribution in [1.82, 2.24) is 4.90 Å². The Morgan fingerprint density at radius 1 is 1.14 bits per heavy atom. The van der Waals surface area contributed by atoms with E-state index in [-0.39, 0.29) is 11.9 Å². The average Bonchev–Trinajstić information content (AvgIpc) is 2.42. The molecule has 2 aliphatic rings. The molecule has 120 valence electrons. The summed E-state index contributed by atoms with van der Waals surface area (Å²) >= 11 is 0. The molecule has 0 radical (unpaired) electrons. The summed E-state index contributed by atoms with van der Waals surface area (Å²) in [6.07, 6.45) is 0.372. The third kappa shape index (κ3) is 3.13. The monoisotopic (exact) mass is 311 g/mol. The van der Waals surface area contributed by atoms with Crippen LogP contribution in [-0.2, 0) is 11.2 Å². The van der Waals surface area contributed by atoms with Crippen molar-refractivity contribution in [2.45, 2.75) is 56.7 Å². The van der Waals surface area contributed by atoms with E-state index in [1.165, 1.54) is 0 Å². The Morgan fingerprint density at radius 3 is 2.50 bits per heavy atom. The van der Waals surface area contributed by atoms with E-state index in [9.17, 15) is 18.0 Å². The Labute approximate surface area is 128 Å². The van der Waals surface area contributed by atoms with Crippen molar-refractivity contribution < 1.29 is 18.0 Å². The number of alkyl halides is 3. The van der Waals surface area contributed by atoms with Crippen molar-refractivity contribution >= 4 is 5.91 Å². The largest absolute Gasteiger partial charge is 0.406 e. The van der Waals surface area contributed by atoms with Gasteiger partial charge in [-0.15, -0.1) is 0 Å². The molecule has 1 fully saturated rings. The molecule has 0 saturated heterocycles. The summed E-state index contributed by atoms with van der Waals surface area (Å²) in [5, 5.41) is 0. The summed E-state index contributed by atoms with van der Waals surface area (Å²) in [5.74, 6) is -0.748. The molecule has 3 rings (SSSR count). The Hall–Kier alpha value is -1.52. The van der Waals surface area contributed by atoms with Gasteiger partial charge in [0.05, 0.1) is 5.92 Å². The zero-order valence-electron chi connectivity index (χ0n) is 12.4. The Bertz CT molecular complexity index is 551. The molecule has 0 unspecified atom stereocenters. The van der Waals surface area contributed by atoms with Gasteiger partial charge >= 0.3 is 6.18 Å². The minimum Gasteiger partial charge on any atom is -0.330 e. The third-order valence-corrected chi connectivity index (χ3v) is 4.82. The average molecular weight is 311 g/mol. The lowest BCUT2D eigenvalue weighted by atomic mass is 9.81. The summed E-state index contributed by atoms with van der Waals surface area (Å²) in [4.78, 5) is 13.9. The second-order valence-corrected chi connectivity index (χ2v) is 6.31. The van der Waals surface area contributed by atoms with Crippen LogP contribution >= 0.6 is 0 Å². The Kier molecular flexibility index (Phi) is 4.15. The molecule has 2 nitrogen and oxygen atoms in total. The lowest BCUT2D eigenvalue weighted by Gasteiger charge is -2.40. The van der Waals surface area contributed by atoms with Crippen LogP contribution in [0.15, 0.2) is 24.3 Å². The highest BCUT2D eigenvalue weighted by molar-refractivity contribution is 5.85. The first kappa shape index (κ1) is 15.4. The number of fused-ring (bicyclic) bond motifs is 1. The van der Waals surface area contributed by atoms with Crippen LogP contribution in [0.5, 0.6) is 0 Å². The Morgan fingerprint density at radius 2 is 1.86 bits per heavy atom. The normalized spacial score (nSPS) is 21.9. The van der Waals surface area contributed by atoms with E-state index in [0.29, 0.717) is 19.3 Å². The van der Waals surface area contributed by atoms with Gasteiger partial charge in [0, 0.05) is 6.04 Å². The molecule has 0 N–H and O–H groups in total. The lowest BCUT2D eigenvalue weighted by molar-refractivity contribution is -0.170. The molecule has 1 aromatic rings. The highest BCUT2D eigenvalue weighted by Gasteiger charge is 2.41. The molecule has 1 atom stereocenters. The quantitative estimate of drug-likeness (QED) is 0.824. The van der Waals surface area contributed by atoms with Crippen LogP contribution < -0.4 is 0 Å². The Balaban J connectivity index is 1.84. The van der Waals surface area contributed by atoms with E-state index < -0.39 is 18.6 Å². The number of benzene rings is 1. The molecule has 0 bridgehead atoms. The summed E-state index contributed by atoms with van der Waals surface area (Å²) < 4.78 is 38.6. The maximum Gasteiger partial charge on any atom is 0.406 e. The molecule has 5 heteroatoms. The second-order valence-electron chi connectivity index (χ2n) is 6.31. The molecule has 0 aliphatic heterocycles. The fourth-order valence-corrected chi connectivity index (χ4v) is 3.49. The van der Waals surface area contributed by atoms with Gasteiger partial charge in [-0.25, -0.2) is 0 Å². The smallest absolute Gasteiger partial charge is 0.330 e. The van der Waals surface area contributed by atoms with E-state index in [2.05, 4.69) is 0 Å². The van der Waals surface area contributed by atoms with Gasteiger partial charge in [-0.05, 0) is 49.7 Å². The number of carbonyl (C=O) groups excluding carboxylic acids is 1. The number of aryl methyl sites for hydroxylation is 1. The first-order valence-corrected chi connectivity index (χ1v) is 7.91. The van der Waals surface area contributed by atoms with E-state index in [0.717, 1.165) is 35.3 Å². The number of halogens is 3. The van der Waals surface area contributed by atoms with Crippen LogP contribution in [-0.4, -0.2) is 29.6 Å². The number of amides is 1. The number of hydrogen-bond donors (Lipinski definition) is 0. The maximum absolute atomic E-state index is 12.9. The van der Waals surface area contributed by atoms with Gasteiger partial charge in [0.1, 0.15) is 6.54 Å². The minimum absolute atomic E-state index is 0.233. The maximum atomic E-state index is 12.9. The van der Waals surface area contributed by atoms with Crippen LogP contribution in [0, 0.1) is 0 Å². The molecular formula is C17H20F3NO. The van der Waals surface area contributed by atoms with Gasteiger partial charge in [-0.3, -0.25) is 4.79 Å². The molecule has 2 aliphatic carbocycles. The summed E-state index contributed by atoms with van der Waals surface area (Å²) in [5.41, 5.74) is 2.03. The van der Waals surface area contributed by atoms with E-state index in [4.69, 9.17) is 0 Å². The molecule has 0 aromatic heterocycles. The summed E-state index contributed by atoms with van der Waals surface area (Å²) in [7, 11) is 0. The molecule has 1 aromatic carbocycles. The van der Waals surface area contributed by atoms with Gasteiger partial charge in [0.15, 0.2) is 0 Å². The van der Waals surface area contributed by atoms with Gasteiger partial charge in [-0.1, -0.05) is 24.3 Å². The topological polar surface area (TPSA) is 20.3 Å². The van der Waals surface area contributed by atoms with Crippen molar-refractivity contribution in [1.29, 1.82) is 0 Å². The molecule has 22 heavy (non-hydrogen) atoms. The lowest BCUT2D eigenvalue weighted by Crippen LogP contribution is -2.50. The fourth-order valence-electron chi connectivity index (χ4n) is 3.49. The molecular weight excluding hydrogens is 291 g/mol.